The number of rotatable bonds is 7. The summed E-state index contributed by atoms with van der Waals surface area (Å²) in [5, 5.41) is 4.09. The quantitative estimate of drug-likeness (QED) is 0.836. The minimum atomic E-state index is 0.130. The average molecular weight is 298 g/mol. The maximum atomic E-state index is 6.13. The third kappa shape index (κ3) is 3.46. The number of benzene rings is 1. The van der Waals surface area contributed by atoms with E-state index < -0.39 is 0 Å². The summed E-state index contributed by atoms with van der Waals surface area (Å²) in [5.41, 5.74) is 1.12. The van der Waals surface area contributed by atoms with Crippen molar-refractivity contribution in [3.8, 4) is 5.75 Å². The molecule has 0 bridgehead atoms. The Kier molecular flexibility index (Phi) is 5.70. The summed E-state index contributed by atoms with van der Waals surface area (Å²) >= 11 is 6.13. The van der Waals surface area contributed by atoms with Crippen LogP contribution in [-0.4, -0.2) is 31.9 Å². The first-order valence-electron chi connectivity index (χ1n) is 7.43. The standard InChI is InChI=1S/C16H24ClNO2/c1-4-8-19-16-14(18-3)10-15(16)20-12-6-7-13(17)11(5-2)9-12/h6-7,9,14-16,18H,4-5,8,10H2,1-3H3. The minimum absolute atomic E-state index is 0.130. The first-order valence-corrected chi connectivity index (χ1v) is 7.81. The average Bonchev–Trinajstić information content (AvgIpc) is 2.45. The summed E-state index contributed by atoms with van der Waals surface area (Å²) in [5.74, 6) is 0.885. The lowest BCUT2D eigenvalue weighted by Crippen LogP contribution is -2.60. The highest BCUT2D eigenvalue weighted by Gasteiger charge is 2.42. The summed E-state index contributed by atoms with van der Waals surface area (Å²) in [6.07, 6.45) is 3.19. The van der Waals surface area contributed by atoms with Gasteiger partial charge in [-0.3, -0.25) is 0 Å². The molecule has 0 spiro atoms. The fourth-order valence-corrected chi connectivity index (χ4v) is 2.78. The molecule has 20 heavy (non-hydrogen) atoms. The van der Waals surface area contributed by atoms with Crippen molar-refractivity contribution in [3.05, 3.63) is 28.8 Å². The van der Waals surface area contributed by atoms with Gasteiger partial charge in [0.15, 0.2) is 0 Å². The molecule has 0 saturated heterocycles. The molecule has 1 aliphatic rings. The van der Waals surface area contributed by atoms with Crippen molar-refractivity contribution < 1.29 is 9.47 Å². The summed E-state index contributed by atoms with van der Waals surface area (Å²) in [4.78, 5) is 0. The van der Waals surface area contributed by atoms with Crippen molar-refractivity contribution in [2.45, 2.75) is 51.4 Å². The van der Waals surface area contributed by atoms with Crippen molar-refractivity contribution in [2.24, 2.45) is 0 Å². The number of ether oxygens (including phenoxy) is 2. The zero-order chi connectivity index (χ0) is 14.5. The van der Waals surface area contributed by atoms with Crippen LogP contribution in [0.25, 0.3) is 0 Å². The van der Waals surface area contributed by atoms with Crippen LogP contribution in [-0.2, 0) is 11.2 Å². The van der Waals surface area contributed by atoms with E-state index in [-0.39, 0.29) is 12.2 Å². The Balaban J connectivity index is 1.98. The van der Waals surface area contributed by atoms with Crippen LogP contribution in [0, 0.1) is 0 Å². The highest BCUT2D eigenvalue weighted by molar-refractivity contribution is 6.31. The Morgan fingerprint density at radius 1 is 1.35 bits per heavy atom. The van der Waals surface area contributed by atoms with Gasteiger partial charge >= 0.3 is 0 Å². The fourth-order valence-electron chi connectivity index (χ4n) is 2.53. The van der Waals surface area contributed by atoms with Crippen molar-refractivity contribution in [3.63, 3.8) is 0 Å². The van der Waals surface area contributed by atoms with Crippen LogP contribution in [0.4, 0.5) is 0 Å². The topological polar surface area (TPSA) is 30.5 Å². The predicted octanol–water partition coefficient (Wildman–Crippen LogP) is 3.44. The van der Waals surface area contributed by atoms with Gasteiger partial charge in [0.25, 0.3) is 0 Å². The number of hydrogen-bond acceptors (Lipinski definition) is 3. The lowest BCUT2D eigenvalue weighted by Gasteiger charge is -2.43. The number of aryl methyl sites for hydroxylation is 1. The SMILES string of the molecule is CCCOC1C(NC)CC1Oc1ccc(Cl)c(CC)c1. The lowest BCUT2D eigenvalue weighted by molar-refractivity contribution is -0.106. The van der Waals surface area contributed by atoms with Crippen molar-refractivity contribution >= 4 is 11.6 Å². The van der Waals surface area contributed by atoms with E-state index >= 15 is 0 Å². The largest absolute Gasteiger partial charge is 0.488 e. The Hall–Kier alpha value is -0.770. The Morgan fingerprint density at radius 3 is 2.80 bits per heavy atom. The second-order valence-electron chi connectivity index (χ2n) is 5.23. The normalized spacial score (nSPS) is 25.3. The summed E-state index contributed by atoms with van der Waals surface area (Å²) < 4.78 is 11.9. The van der Waals surface area contributed by atoms with Crippen molar-refractivity contribution in [2.75, 3.05) is 13.7 Å². The number of likely N-dealkylation sites (N-methyl/N-ethyl adjacent to an activating group) is 1. The van der Waals surface area contributed by atoms with Gasteiger partial charge in [0.2, 0.25) is 0 Å². The van der Waals surface area contributed by atoms with Gasteiger partial charge in [0, 0.05) is 24.1 Å². The molecule has 0 amide bonds. The van der Waals surface area contributed by atoms with Gasteiger partial charge in [-0.25, -0.2) is 0 Å². The van der Waals surface area contributed by atoms with Crippen LogP contribution in [0.15, 0.2) is 18.2 Å². The zero-order valence-electron chi connectivity index (χ0n) is 12.5. The summed E-state index contributed by atoms with van der Waals surface area (Å²) in [6.45, 7) is 5.00. The maximum Gasteiger partial charge on any atom is 0.128 e. The molecule has 0 aliphatic heterocycles. The van der Waals surface area contributed by atoms with Gasteiger partial charge in [-0.15, -0.1) is 0 Å². The molecule has 1 N–H and O–H groups in total. The molecule has 1 aromatic rings. The van der Waals surface area contributed by atoms with E-state index in [9.17, 15) is 0 Å². The highest BCUT2D eigenvalue weighted by atomic mass is 35.5. The Bertz CT molecular complexity index is 438. The van der Waals surface area contributed by atoms with Gasteiger partial charge in [-0.05, 0) is 43.7 Å². The van der Waals surface area contributed by atoms with Crippen LogP contribution in [0.5, 0.6) is 5.75 Å². The van der Waals surface area contributed by atoms with Crippen LogP contribution in [0.2, 0.25) is 5.02 Å². The van der Waals surface area contributed by atoms with Crippen LogP contribution < -0.4 is 10.1 Å². The molecule has 1 aliphatic carbocycles. The van der Waals surface area contributed by atoms with E-state index in [0.29, 0.717) is 6.04 Å². The second-order valence-corrected chi connectivity index (χ2v) is 5.64. The van der Waals surface area contributed by atoms with E-state index in [1.54, 1.807) is 0 Å². The van der Waals surface area contributed by atoms with Gasteiger partial charge in [0.1, 0.15) is 18.0 Å². The summed E-state index contributed by atoms with van der Waals surface area (Å²) in [7, 11) is 1.97. The number of nitrogens with one attached hydrogen (secondary N) is 1. The van der Waals surface area contributed by atoms with Gasteiger partial charge in [-0.1, -0.05) is 25.4 Å². The third-order valence-corrected chi connectivity index (χ3v) is 4.19. The molecule has 0 heterocycles. The zero-order valence-corrected chi connectivity index (χ0v) is 13.2. The number of halogens is 1. The number of hydrogen-bond donors (Lipinski definition) is 1. The maximum absolute atomic E-state index is 6.13. The third-order valence-electron chi connectivity index (χ3n) is 3.82. The van der Waals surface area contributed by atoms with E-state index in [4.69, 9.17) is 21.1 Å². The van der Waals surface area contributed by atoms with Gasteiger partial charge < -0.3 is 14.8 Å². The first-order chi connectivity index (χ1) is 9.69. The predicted molar refractivity (Wildman–Crippen MR) is 82.7 cm³/mol. The summed E-state index contributed by atoms with van der Waals surface area (Å²) in [6, 6.07) is 6.27. The fraction of sp³-hybridized carbons (Fsp3) is 0.625. The first kappa shape index (κ1) is 15.6. The van der Waals surface area contributed by atoms with E-state index in [2.05, 4.69) is 19.2 Å². The van der Waals surface area contributed by atoms with Crippen LogP contribution >= 0.6 is 11.6 Å². The molecule has 2 rings (SSSR count). The molecule has 4 heteroatoms. The molecule has 3 unspecified atom stereocenters. The Labute approximate surface area is 126 Å². The van der Waals surface area contributed by atoms with E-state index in [1.807, 2.05) is 25.2 Å². The molecule has 3 nitrogen and oxygen atoms in total. The smallest absolute Gasteiger partial charge is 0.128 e. The molecular formula is C16H24ClNO2. The second kappa shape index (κ2) is 7.30. The van der Waals surface area contributed by atoms with Crippen LogP contribution in [0.3, 0.4) is 0 Å². The molecule has 3 atom stereocenters. The minimum Gasteiger partial charge on any atom is -0.488 e. The molecule has 0 aromatic heterocycles. The molecule has 112 valence electrons. The highest BCUT2D eigenvalue weighted by Crippen LogP contribution is 2.31. The molecule has 1 saturated carbocycles. The van der Waals surface area contributed by atoms with Gasteiger partial charge in [-0.2, -0.15) is 0 Å². The van der Waals surface area contributed by atoms with Crippen molar-refractivity contribution in [1.82, 2.24) is 5.32 Å². The van der Waals surface area contributed by atoms with Crippen LogP contribution in [0.1, 0.15) is 32.3 Å². The molecule has 1 aromatic carbocycles. The Morgan fingerprint density at radius 2 is 2.15 bits per heavy atom. The lowest BCUT2D eigenvalue weighted by atomic mass is 9.85. The van der Waals surface area contributed by atoms with Crippen molar-refractivity contribution in [1.29, 1.82) is 0 Å². The van der Waals surface area contributed by atoms with Gasteiger partial charge in [0.05, 0.1) is 0 Å². The molecule has 1 fully saturated rings. The molecular weight excluding hydrogens is 274 g/mol. The van der Waals surface area contributed by atoms with E-state index in [0.717, 1.165) is 42.2 Å². The monoisotopic (exact) mass is 297 g/mol. The molecule has 0 radical (unpaired) electrons. The van der Waals surface area contributed by atoms with E-state index in [1.165, 1.54) is 0 Å².